The Kier molecular flexibility index (Phi) is 4.54. The van der Waals surface area contributed by atoms with Crippen LogP contribution in [0.5, 0.6) is 0 Å². The van der Waals surface area contributed by atoms with Gasteiger partial charge in [-0.15, -0.1) is 0 Å². The number of carbonyl (C=O) groups is 1. The molecule has 16 heavy (non-hydrogen) atoms. The Labute approximate surface area is 97.5 Å². The fourth-order valence-corrected chi connectivity index (χ4v) is 2.63. The summed E-state index contributed by atoms with van der Waals surface area (Å²) in [5, 5.41) is 10.6. The van der Waals surface area contributed by atoms with Crippen LogP contribution < -0.4 is 0 Å². The van der Waals surface area contributed by atoms with Gasteiger partial charge in [-0.05, 0) is 25.2 Å². The number of methoxy groups -OCH3 is 1. The Morgan fingerprint density at radius 1 is 1.44 bits per heavy atom. The molecule has 1 N–H and O–H groups in total. The molecule has 3 heteroatoms. The first-order valence-corrected chi connectivity index (χ1v) is 6.06. The summed E-state index contributed by atoms with van der Waals surface area (Å²) >= 11 is 0. The van der Waals surface area contributed by atoms with Gasteiger partial charge in [-0.25, -0.2) is 4.79 Å². The summed E-state index contributed by atoms with van der Waals surface area (Å²) in [4.78, 5) is 11.5. The van der Waals surface area contributed by atoms with Crippen molar-refractivity contribution in [3.05, 3.63) is 12.2 Å². The minimum atomic E-state index is -1.08. The number of ether oxygens (including phenoxy) is 1. The second kappa shape index (κ2) is 5.48. The molecule has 0 saturated heterocycles. The summed E-state index contributed by atoms with van der Waals surface area (Å²) in [7, 11) is 1.32. The highest BCUT2D eigenvalue weighted by Crippen LogP contribution is 2.38. The molecule has 0 spiro atoms. The molecule has 0 radical (unpaired) electrons. The van der Waals surface area contributed by atoms with E-state index >= 15 is 0 Å². The summed E-state index contributed by atoms with van der Waals surface area (Å²) in [6, 6.07) is 0. The van der Waals surface area contributed by atoms with E-state index in [0.29, 0.717) is 6.42 Å². The van der Waals surface area contributed by atoms with Gasteiger partial charge in [-0.1, -0.05) is 32.8 Å². The molecule has 1 rings (SSSR count). The molecule has 92 valence electrons. The quantitative estimate of drug-likeness (QED) is 0.591. The summed E-state index contributed by atoms with van der Waals surface area (Å²) < 4.78 is 4.65. The smallest absolute Gasteiger partial charge is 0.336 e. The van der Waals surface area contributed by atoms with Gasteiger partial charge < -0.3 is 9.84 Å². The van der Waals surface area contributed by atoms with Crippen LogP contribution in [0, 0.1) is 5.92 Å². The van der Waals surface area contributed by atoms with Crippen LogP contribution in [-0.2, 0) is 9.53 Å². The van der Waals surface area contributed by atoms with E-state index in [9.17, 15) is 9.90 Å². The van der Waals surface area contributed by atoms with Gasteiger partial charge in [0.25, 0.3) is 0 Å². The molecule has 1 saturated carbocycles. The van der Waals surface area contributed by atoms with Gasteiger partial charge in [0.1, 0.15) is 0 Å². The third kappa shape index (κ3) is 2.46. The first kappa shape index (κ1) is 13.2. The van der Waals surface area contributed by atoms with Crippen LogP contribution in [0.3, 0.4) is 0 Å². The van der Waals surface area contributed by atoms with E-state index in [0.717, 1.165) is 25.7 Å². The lowest BCUT2D eigenvalue weighted by atomic mass is 9.72. The number of rotatable bonds is 4. The van der Waals surface area contributed by atoms with Crippen molar-refractivity contribution in [1.29, 1.82) is 0 Å². The largest absolute Gasteiger partial charge is 0.466 e. The van der Waals surface area contributed by atoms with Gasteiger partial charge in [0, 0.05) is 0 Å². The van der Waals surface area contributed by atoms with Crippen molar-refractivity contribution in [1.82, 2.24) is 0 Å². The first-order chi connectivity index (χ1) is 7.56. The number of aliphatic hydroxyl groups is 1. The van der Waals surface area contributed by atoms with Gasteiger partial charge in [-0.2, -0.15) is 0 Å². The van der Waals surface area contributed by atoms with E-state index in [1.54, 1.807) is 0 Å². The van der Waals surface area contributed by atoms with E-state index in [1.165, 1.54) is 13.5 Å². The van der Waals surface area contributed by atoms with Crippen molar-refractivity contribution in [3.63, 3.8) is 0 Å². The van der Waals surface area contributed by atoms with Gasteiger partial charge in [0.05, 0.1) is 18.3 Å². The lowest BCUT2D eigenvalue weighted by Gasteiger charge is -2.38. The topological polar surface area (TPSA) is 46.5 Å². The lowest BCUT2D eigenvalue weighted by Crippen LogP contribution is -2.42. The van der Waals surface area contributed by atoms with Gasteiger partial charge >= 0.3 is 5.97 Å². The Hall–Kier alpha value is -0.830. The molecule has 0 aromatic rings. The molecule has 1 aliphatic rings. The maximum absolute atomic E-state index is 11.5. The minimum Gasteiger partial charge on any atom is -0.466 e. The third-order valence-electron chi connectivity index (χ3n) is 3.77. The van der Waals surface area contributed by atoms with E-state index in [4.69, 9.17) is 0 Å². The average Bonchev–Trinajstić information content (AvgIpc) is 2.37. The highest BCUT2D eigenvalue weighted by Gasteiger charge is 2.41. The molecular weight excluding hydrogens is 204 g/mol. The molecule has 0 aliphatic heterocycles. The first-order valence-electron chi connectivity index (χ1n) is 6.06. The van der Waals surface area contributed by atoms with Gasteiger partial charge in [0.15, 0.2) is 0 Å². The molecule has 0 aromatic heterocycles. The van der Waals surface area contributed by atoms with Crippen molar-refractivity contribution >= 4 is 5.97 Å². The fraction of sp³-hybridized carbons (Fsp3) is 0.769. The molecule has 0 amide bonds. The molecular formula is C13H22O3. The Morgan fingerprint density at radius 2 is 2.00 bits per heavy atom. The van der Waals surface area contributed by atoms with Crippen LogP contribution in [0.2, 0.25) is 0 Å². The summed E-state index contributed by atoms with van der Waals surface area (Å²) in [5.41, 5.74) is -0.863. The molecule has 1 aliphatic carbocycles. The fourth-order valence-electron chi connectivity index (χ4n) is 2.63. The normalized spacial score (nSPS) is 21.2. The molecule has 0 heterocycles. The number of hydrogen-bond acceptors (Lipinski definition) is 3. The van der Waals surface area contributed by atoms with Crippen LogP contribution in [0.15, 0.2) is 12.2 Å². The van der Waals surface area contributed by atoms with Crippen LogP contribution in [0.25, 0.3) is 0 Å². The van der Waals surface area contributed by atoms with Crippen molar-refractivity contribution in [2.45, 2.75) is 51.0 Å². The second-order valence-corrected chi connectivity index (χ2v) is 4.58. The van der Waals surface area contributed by atoms with Crippen LogP contribution in [0.1, 0.15) is 45.4 Å². The minimum absolute atomic E-state index is 0.151. The highest BCUT2D eigenvalue weighted by molar-refractivity contribution is 5.89. The maximum Gasteiger partial charge on any atom is 0.336 e. The van der Waals surface area contributed by atoms with Crippen molar-refractivity contribution in [3.8, 4) is 0 Å². The molecule has 3 nitrogen and oxygen atoms in total. The van der Waals surface area contributed by atoms with E-state index in [1.807, 2.05) is 6.92 Å². The van der Waals surface area contributed by atoms with E-state index < -0.39 is 11.6 Å². The Bertz CT molecular complexity index is 266. The monoisotopic (exact) mass is 226 g/mol. The summed E-state index contributed by atoms with van der Waals surface area (Å²) in [6.07, 6.45) is 5.94. The standard InChI is InChI=1S/C13H22O3/c1-4-13(15,10(2)12(14)16-3)11-8-6-5-7-9-11/h11,15H,2,4-9H2,1,3H3. The van der Waals surface area contributed by atoms with Crippen LogP contribution in [-0.4, -0.2) is 23.8 Å². The van der Waals surface area contributed by atoms with Crippen molar-refractivity contribution < 1.29 is 14.6 Å². The molecule has 1 unspecified atom stereocenters. The van der Waals surface area contributed by atoms with Crippen molar-refractivity contribution in [2.24, 2.45) is 5.92 Å². The zero-order valence-corrected chi connectivity index (χ0v) is 10.3. The predicted octanol–water partition coefficient (Wildman–Crippen LogP) is 2.44. The highest BCUT2D eigenvalue weighted by atomic mass is 16.5. The molecule has 0 aromatic carbocycles. The Morgan fingerprint density at radius 3 is 2.44 bits per heavy atom. The average molecular weight is 226 g/mol. The van der Waals surface area contributed by atoms with E-state index in [-0.39, 0.29) is 11.5 Å². The predicted molar refractivity (Wildman–Crippen MR) is 63.0 cm³/mol. The van der Waals surface area contributed by atoms with Crippen molar-refractivity contribution in [2.75, 3.05) is 7.11 Å². The molecule has 1 fully saturated rings. The SMILES string of the molecule is C=C(C(=O)OC)C(O)(CC)C1CCCCC1. The summed E-state index contributed by atoms with van der Waals surface area (Å²) in [5.74, 6) is -0.340. The maximum atomic E-state index is 11.5. The number of hydrogen-bond donors (Lipinski definition) is 1. The Balaban J connectivity index is 2.82. The van der Waals surface area contributed by atoms with Gasteiger partial charge in [0.2, 0.25) is 0 Å². The molecule has 1 atom stereocenters. The summed E-state index contributed by atoms with van der Waals surface area (Å²) in [6.45, 7) is 5.61. The molecule has 0 bridgehead atoms. The zero-order valence-electron chi connectivity index (χ0n) is 10.3. The third-order valence-corrected chi connectivity index (χ3v) is 3.77. The zero-order chi connectivity index (χ0) is 12.2. The number of carbonyl (C=O) groups excluding carboxylic acids is 1. The lowest BCUT2D eigenvalue weighted by molar-refractivity contribution is -0.140. The van der Waals surface area contributed by atoms with Crippen LogP contribution in [0.4, 0.5) is 0 Å². The van der Waals surface area contributed by atoms with E-state index in [2.05, 4.69) is 11.3 Å². The van der Waals surface area contributed by atoms with Crippen LogP contribution >= 0.6 is 0 Å². The van der Waals surface area contributed by atoms with Gasteiger partial charge in [-0.3, -0.25) is 0 Å². The second-order valence-electron chi connectivity index (χ2n) is 4.58. The number of esters is 1.